The summed E-state index contributed by atoms with van der Waals surface area (Å²) in [6.07, 6.45) is 12.8. The maximum Gasteiger partial charge on any atom is 0.451 e. The number of rotatable bonds is 11. The lowest BCUT2D eigenvalue weighted by molar-refractivity contribution is -0.116. The molecule has 0 aromatic rings. The van der Waals surface area contributed by atoms with E-state index in [2.05, 4.69) is 25.2 Å². The van der Waals surface area contributed by atoms with Crippen LogP contribution in [0.25, 0.3) is 0 Å². The van der Waals surface area contributed by atoms with Crippen molar-refractivity contribution in [2.45, 2.75) is 71.7 Å². The summed E-state index contributed by atoms with van der Waals surface area (Å²) in [4.78, 5) is 1.97. The fourth-order valence-electron chi connectivity index (χ4n) is 3.71. The topological polar surface area (TPSA) is 99.2 Å². The van der Waals surface area contributed by atoms with Gasteiger partial charge in [-0.25, -0.2) is 0 Å². The van der Waals surface area contributed by atoms with E-state index in [1.165, 1.54) is 5.57 Å². The van der Waals surface area contributed by atoms with E-state index in [0.29, 0.717) is 31.7 Å². The van der Waals surface area contributed by atoms with Crippen LogP contribution in [-0.4, -0.2) is 58.6 Å². The Morgan fingerprint density at radius 3 is 2.63 bits per heavy atom. The van der Waals surface area contributed by atoms with Crippen molar-refractivity contribution in [1.29, 1.82) is 0 Å². The molecule has 4 atom stereocenters. The Balaban J connectivity index is 1.76. The summed E-state index contributed by atoms with van der Waals surface area (Å²) in [6.45, 7) is 9.48. The van der Waals surface area contributed by atoms with Gasteiger partial charge in [0.25, 0.3) is 0 Å². The average molecular weight is 418 g/mol. The van der Waals surface area contributed by atoms with E-state index in [1.54, 1.807) is 0 Å². The van der Waals surface area contributed by atoms with Crippen molar-refractivity contribution >= 4 is 7.12 Å². The van der Waals surface area contributed by atoms with Crippen molar-refractivity contribution in [2.75, 3.05) is 13.1 Å². The fraction of sp³-hybridized carbons (Fsp3) is 0.652. The number of allylic oxidation sites excluding steroid dienone is 7. The molecule has 7 heteroatoms. The molecule has 0 saturated carbocycles. The molecule has 1 aliphatic carbocycles. The van der Waals surface area contributed by atoms with Crippen molar-refractivity contribution in [2.24, 2.45) is 17.6 Å². The molecule has 0 aromatic carbocycles. The number of aliphatic hydroxyl groups is 1. The SMILES string of the molecule is CC1=CCC(CC(N)C(O)N2CC(OC(/C=C\C(C)CCB(O)O)=C(C)C)C2)C=C1. The molecule has 0 bridgehead atoms. The summed E-state index contributed by atoms with van der Waals surface area (Å²) in [5, 5.41) is 28.6. The molecule has 1 aliphatic heterocycles. The molecular weight excluding hydrogens is 379 g/mol. The second-order valence-electron chi connectivity index (χ2n) is 9.07. The first-order valence-electron chi connectivity index (χ1n) is 11.1. The minimum Gasteiger partial charge on any atom is -0.488 e. The second-order valence-corrected chi connectivity index (χ2v) is 9.07. The van der Waals surface area contributed by atoms with E-state index in [-0.39, 0.29) is 18.1 Å². The highest BCUT2D eigenvalue weighted by Crippen LogP contribution is 2.25. The molecule has 30 heavy (non-hydrogen) atoms. The van der Waals surface area contributed by atoms with Gasteiger partial charge < -0.3 is 25.6 Å². The monoisotopic (exact) mass is 418 g/mol. The van der Waals surface area contributed by atoms with Crippen molar-refractivity contribution < 1.29 is 19.9 Å². The first kappa shape index (κ1) is 24.9. The predicted octanol–water partition coefficient (Wildman–Crippen LogP) is 2.59. The largest absolute Gasteiger partial charge is 0.488 e. The van der Waals surface area contributed by atoms with Gasteiger partial charge in [-0.05, 0) is 69.8 Å². The molecule has 1 saturated heterocycles. The number of nitrogens with zero attached hydrogens (tertiary/aromatic N) is 1. The highest BCUT2D eigenvalue weighted by Gasteiger charge is 2.36. The maximum atomic E-state index is 10.6. The zero-order valence-corrected chi connectivity index (χ0v) is 18.9. The van der Waals surface area contributed by atoms with Crippen LogP contribution in [0.3, 0.4) is 0 Å². The smallest absolute Gasteiger partial charge is 0.451 e. The lowest BCUT2D eigenvalue weighted by Crippen LogP contribution is -2.61. The summed E-state index contributed by atoms with van der Waals surface area (Å²) in [5.74, 6) is 1.46. The van der Waals surface area contributed by atoms with Gasteiger partial charge in [-0.1, -0.05) is 36.8 Å². The first-order valence-corrected chi connectivity index (χ1v) is 11.1. The van der Waals surface area contributed by atoms with Crippen molar-refractivity contribution in [3.63, 3.8) is 0 Å². The molecule has 2 rings (SSSR count). The molecule has 6 nitrogen and oxygen atoms in total. The van der Waals surface area contributed by atoms with Crippen LogP contribution in [0.1, 0.15) is 47.0 Å². The number of hydrogen-bond acceptors (Lipinski definition) is 6. The van der Waals surface area contributed by atoms with Gasteiger partial charge in [0, 0.05) is 19.1 Å². The summed E-state index contributed by atoms with van der Waals surface area (Å²) in [7, 11) is -1.26. The zero-order valence-electron chi connectivity index (χ0n) is 18.9. The highest BCUT2D eigenvalue weighted by atomic mass is 16.5. The molecule has 1 heterocycles. The van der Waals surface area contributed by atoms with Crippen LogP contribution in [0, 0.1) is 11.8 Å². The van der Waals surface area contributed by atoms with Crippen LogP contribution >= 0.6 is 0 Å². The zero-order chi connectivity index (χ0) is 22.3. The van der Waals surface area contributed by atoms with Crippen molar-refractivity contribution in [3.05, 3.63) is 47.3 Å². The van der Waals surface area contributed by atoms with Crippen LogP contribution < -0.4 is 5.73 Å². The van der Waals surface area contributed by atoms with Gasteiger partial charge in [0.15, 0.2) is 0 Å². The molecule has 168 valence electrons. The molecule has 0 radical (unpaired) electrons. The minimum atomic E-state index is -1.26. The molecule has 4 unspecified atom stereocenters. The molecule has 5 N–H and O–H groups in total. The third-order valence-electron chi connectivity index (χ3n) is 5.82. The number of likely N-dealkylation sites (tertiary alicyclic amines) is 1. The molecule has 0 spiro atoms. The summed E-state index contributed by atoms with van der Waals surface area (Å²) >= 11 is 0. The summed E-state index contributed by atoms with van der Waals surface area (Å²) in [5.41, 5.74) is 8.65. The third-order valence-corrected chi connectivity index (χ3v) is 5.82. The molecule has 1 fully saturated rings. The molecule has 0 amide bonds. The van der Waals surface area contributed by atoms with Gasteiger partial charge in [-0.3, -0.25) is 4.90 Å². The molecule has 0 aromatic heterocycles. The molecular formula is C23H39BN2O4. The second kappa shape index (κ2) is 11.9. The number of nitrogens with two attached hydrogens (primary N) is 1. The third kappa shape index (κ3) is 8.04. The van der Waals surface area contributed by atoms with Gasteiger partial charge >= 0.3 is 7.12 Å². The Bertz CT molecular complexity index is 664. The maximum absolute atomic E-state index is 10.6. The van der Waals surface area contributed by atoms with E-state index >= 15 is 0 Å². The van der Waals surface area contributed by atoms with Gasteiger partial charge in [0.05, 0.1) is 0 Å². The first-order chi connectivity index (χ1) is 14.2. The van der Waals surface area contributed by atoms with Crippen LogP contribution in [0.15, 0.2) is 47.3 Å². The number of hydrogen-bond donors (Lipinski definition) is 4. The Morgan fingerprint density at radius 1 is 1.37 bits per heavy atom. The Hall–Kier alpha value is -1.38. The lowest BCUT2D eigenvalue weighted by Gasteiger charge is -2.44. The Labute approximate surface area is 181 Å². The van der Waals surface area contributed by atoms with Crippen LogP contribution in [0.2, 0.25) is 6.32 Å². The van der Waals surface area contributed by atoms with E-state index in [4.69, 9.17) is 20.5 Å². The molecule has 2 aliphatic rings. The van der Waals surface area contributed by atoms with E-state index in [1.807, 2.05) is 37.8 Å². The normalized spacial score (nSPS) is 22.9. The van der Waals surface area contributed by atoms with E-state index in [9.17, 15) is 5.11 Å². The van der Waals surface area contributed by atoms with E-state index < -0.39 is 13.3 Å². The van der Waals surface area contributed by atoms with Crippen LogP contribution in [0.4, 0.5) is 0 Å². The number of ether oxygens (including phenoxy) is 1. The minimum absolute atomic E-state index is 0.0381. The average Bonchev–Trinajstić information content (AvgIpc) is 2.65. The van der Waals surface area contributed by atoms with Crippen molar-refractivity contribution in [1.82, 2.24) is 4.90 Å². The van der Waals surface area contributed by atoms with Crippen LogP contribution in [0.5, 0.6) is 0 Å². The van der Waals surface area contributed by atoms with Gasteiger partial charge in [0.1, 0.15) is 18.1 Å². The summed E-state index contributed by atoms with van der Waals surface area (Å²) in [6, 6.07) is -0.280. The predicted molar refractivity (Wildman–Crippen MR) is 122 cm³/mol. The van der Waals surface area contributed by atoms with Gasteiger partial charge in [-0.2, -0.15) is 0 Å². The number of aliphatic hydroxyl groups excluding tert-OH is 1. The van der Waals surface area contributed by atoms with Crippen LogP contribution in [-0.2, 0) is 4.74 Å². The van der Waals surface area contributed by atoms with Gasteiger partial charge in [-0.15, -0.1) is 0 Å². The fourth-order valence-corrected chi connectivity index (χ4v) is 3.71. The highest BCUT2D eigenvalue weighted by molar-refractivity contribution is 6.40. The Kier molecular flexibility index (Phi) is 9.84. The van der Waals surface area contributed by atoms with Gasteiger partial charge in [0.2, 0.25) is 0 Å². The van der Waals surface area contributed by atoms with Crippen molar-refractivity contribution in [3.8, 4) is 0 Å². The summed E-state index contributed by atoms with van der Waals surface area (Å²) < 4.78 is 6.13. The van der Waals surface area contributed by atoms with E-state index in [0.717, 1.165) is 24.2 Å². The standard InChI is InChI=1S/C23H39BN2O4/c1-16(2)22(10-7-18(4)11-12-24(28)29)30-20-14-26(15-20)23(27)21(25)13-19-8-5-17(3)6-9-19/h5-8,10,18-21,23,27-29H,9,11-15,25H2,1-4H3/b10-7-. The lowest BCUT2D eigenvalue weighted by atomic mass is 9.81. The quantitative estimate of drug-likeness (QED) is 0.234. The Morgan fingerprint density at radius 2 is 2.07 bits per heavy atom.